The molecule has 1 unspecified atom stereocenters. The number of nitrogens with one attached hydrogen (secondary N) is 1. The molecule has 0 fully saturated rings. The van der Waals surface area contributed by atoms with Crippen molar-refractivity contribution in [3.8, 4) is 5.75 Å². The number of rotatable bonds is 2. The lowest BCUT2D eigenvalue weighted by atomic mass is 9.90. The molecule has 2 aromatic rings. The Morgan fingerprint density at radius 3 is 2.94 bits per heavy atom. The molecule has 2 heterocycles. The Morgan fingerprint density at radius 2 is 2.22 bits per heavy atom. The van der Waals surface area contributed by atoms with Crippen LogP contribution in [-0.4, -0.2) is 18.6 Å². The Morgan fingerprint density at radius 1 is 1.39 bits per heavy atom. The number of nitrogens with zero attached hydrogens (tertiary/aromatic N) is 1. The van der Waals surface area contributed by atoms with Crippen LogP contribution in [0.5, 0.6) is 5.75 Å². The first-order valence-corrected chi connectivity index (χ1v) is 6.61. The zero-order valence-corrected chi connectivity index (χ0v) is 11.3. The quantitative estimate of drug-likeness (QED) is 0.879. The van der Waals surface area contributed by atoms with E-state index in [9.17, 15) is 0 Å². The van der Waals surface area contributed by atoms with E-state index in [2.05, 4.69) is 36.0 Å². The molecular formula is C15H20N2O. The van der Waals surface area contributed by atoms with Crippen molar-refractivity contribution in [2.75, 3.05) is 14.2 Å². The number of aryl methyl sites for hydroxylation is 2. The molecule has 0 amide bonds. The smallest absolute Gasteiger partial charge is 0.135 e. The van der Waals surface area contributed by atoms with Crippen LogP contribution < -0.4 is 10.1 Å². The SMILES string of the molecule is CNC1CCCc2c1c(C)c1ccc(OC)cn21. The van der Waals surface area contributed by atoms with E-state index in [1.807, 2.05) is 6.07 Å². The molecule has 0 radical (unpaired) electrons. The number of pyridine rings is 1. The van der Waals surface area contributed by atoms with Crippen molar-refractivity contribution < 1.29 is 4.74 Å². The van der Waals surface area contributed by atoms with E-state index in [4.69, 9.17) is 4.74 Å². The van der Waals surface area contributed by atoms with Gasteiger partial charge in [-0.1, -0.05) is 0 Å². The highest BCUT2D eigenvalue weighted by atomic mass is 16.5. The standard InChI is InChI=1S/C15H20N2O/c1-10-13-8-7-11(18-3)9-17(13)14-6-4-5-12(16-2)15(10)14/h7-9,12,16H,4-6H2,1-3H3. The molecule has 3 heteroatoms. The van der Waals surface area contributed by atoms with Crippen LogP contribution in [0.1, 0.15) is 35.7 Å². The Kier molecular flexibility index (Phi) is 2.78. The van der Waals surface area contributed by atoms with Gasteiger partial charge >= 0.3 is 0 Å². The van der Waals surface area contributed by atoms with Gasteiger partial charge in [0.25, 0.3) is 0 Å². The van der Waals surface area contributed by atoms with Gasteiger partial charge in [0.1, 0.15) is 5.75 Å². The fraction of sp³-hybridized carbons (Fsp3) is 0.467. The summed E-state index contributed by atoms with van der Waals surface area (Å²) in [4.78, 5) is 0. The minimum absolute atomic E-state index is 0.500. The van der Waals surface area contributed by atoms with Crippen molar-refractivity contribution >= 4 is 5.52 Å². The Hall–Kier alpha value is -1.48. The van der Waals surface area contributed by atoms with Gasteiger partial charge in [0.15, 0.2) is 0 Å². The zero-order chi connectivity index (χ0) is 12.7. The predicted molar refractivity (Wildman–Crippen MR) is 73.4 cm³/mol. The lowest BCUT2D eigenvalue weighted by molar-refractivity contribution is 0.412. The molecule has 0 saturated carbocycles. The molecule has 1 atom stereocenters. The van der Waals surface area contributed by atoms with E-state index in [0.29, 0.717) is 6.04 Å². The molecular weight excluding hydrogens is 224 g/mol. The second kappa shape index (κ2) is 4.32. The van der Waals surface area contributed by atoms with Crippen LogP contribution in [0.15, 0.2) is 18.3 Å². The van der Waals surface area contributed by atoms with Crippen LogP contribution >= 0.6 is 0 Å². The van der Waals surface area contributed by atoms with Gasteiger partial charge in [-0.05, 0) is 56.5 Å². The summed E-state index contributed by atoms with van der Waals surface area (Å²) in [5, 5.41) is 3.45. The van der Waals surface area contributed by atoms with Crippen LogP contribution in [0.25, 0.3) is 5.52 Å². The van der Waals surface area contributed by atoms with Gasteiger partial charge in [-0.25, -0.2) is 0 Å². The highest BCUT2D eigenvalue weighted by Crippen LogP contribution is 2.36. The summed E-state index contributed by atoms with van der Waals surface area (Å²) in [5.41, 5.74) is 5.67. The normalized spacial score (nSPS) is 18.9. The van der Waals surface area contributed by atoms with Crippen molar-refractivity contribution in [3.63, 3.8) is 0 Å². The Labute approximate surface area is 108 Å². The van der Waals surface area contributed by atoms with E-state index in [0.717, 1.165) is 12.2 Å². The molecule has 2 aromatic heterocycles. The van der Waals surface area contributed by atoms with E-state index in [1.54, 1.807) is 7.11 Å². The van der Waals surface area contributed by atoms with E-state index in [-0.39, 0.29) is 0 Å². The topological polar surface area (TPSA) is 25.7 Å². The van der Waals surface area contributed by atoms with E-state index in [1.165, 1.54) is 35.2 Å². The maximum atomic E-state index is 5.34. The van der Waals surface area contributed by atoms with Crippen LogP contribution in [0, 0.1) is 6.92 Å². The summed E-state index contributed by atoms with van der Waals surface area (Å²) >= 11 is 0. The van der Waals surface area contributed by atoms with Crippen LogP contribution in [-0.2, 0) is 6.42 Å². The number of hydrogen-bond donors (Lipinski definition) is 1. The molecule has 1 aliphatic carbocycles. The third-order valence-corrected chi connectivity index (χ3v) is 4.15. The van der Waals surface area contributed by atoms with Crippen molar-refractivity contribution in [1.29, 1.82) is 0 Å². The summed E-state index contributed by atoms with van der Waals surface area (Å²) < 4.78 is 7.65. The molecule has 96 valence electrons. The van der Waals surface area contributed by atoms with Crippen LogP contribution in [0.4, 0.5) is 0 Å². The van der Waals surface area contributed by atoms with Gasteiger partial charge < -0.3 is 14.5 Å². The fourth-order valence-corrected chi connectivity index (χ4v) is 3.24. The number of methoxy groups -OCH3 is 1. The molecule has 1 N–H and O–H groups in total. The molecule has 0 bridgehead atoms. The average Bonchev–Trinajstić information content (AvgIpc) is 2.72. The summed E-state index contributed by atoms with van der Waals surface area (Å²) in [6.45, 7) is 2.23. The minimum Gasteiger partial charge on any atom is -0.495 e. The summed E-state index contributed by atoms with van der Waals surface area (Å²) in [5.74, 6) is 0.923. The lowest BCUT2D eigenvalue weighted by Crippen LogP contribution is -2.21. The molecule has 18 heavy (non-hydrogen) atoms. The number of ether oxygens (including phenoxy) is 1. The van der Waals surface area contributed by atoms with Gasteiger partial charge in [0.2, 0.25) is 0 Å². The maximum Gasteiger partial charge on any atom is 0.135 e. The predicted octanol–water partition coefficient (Wildman–Crippen LogP) is 2.85. The van der Waals surface area contributed by atoms with Gasteiger partial charge in [0.05, 0.1) is 13.3 Å². The van der Waals surface area contributed by atoms with Gasteiger partial charge in [0, 0.05) is 17.3 Å². The van der Waals surface area contributed by atoms with Crippen molar-refractivity contribution in [2.45, 2.75) is 32.2 Å². The molecule has 1 aliphatic rings. The highest BCUT2D eigenvalue weighted by Gasteiger charge is 2.25. The zero-order valence-electron chi connectivity index (χ0n) is 11.3. The van der Waals surface area contributed by atoms with Gasteiger partial charge in [-0.3, -0.25) is 0 Å². The lowest BCUT2D eigenvalue weighted by Gasteiger charge is -2.23. The highest BCUT2D eigenvalue weighted by molar-refractivity contribution is 5.63. The van der Waals surface area contributed by atoms with Crippen LogP contribution in [0.2, 0.25) is 0 Å². The second-order valence-electron chi connectivity index (χ2n) is 5.04. The average molecular weight is 244 g/mol. The first kappa shape index (κ1) is 11.6. The number of fused-ring (bicyclic) bond motifs is 3. The molecule has 3 nitrogen and oxygen atoms in total. The monoisotopic (exact) mass is 244 g/mol. The largest absolute Gasteiger partial charge is 0.495 e. The Bertz CT molecular complexity index is 586. The van der Waals surface area contributed by atoms with E-state index >= 15 is 0 Å². The second-order valence-corrected chi connectivity index (χ2v) is 5.04. The maximum absolute atomic E-state index is 5.34. The summed E-state index contributed by atoms with van der Waals surface area (Å²) in [6, 6.07) is 4.71. The molecule has 0 aromatic carbocycles. The van der Waals surface area contributed by atoms with Crippen molar-refractivity contribution in [2.24, 2.45) is 0 Å². The third kappa shape index (κ3) is 1.54. The van der Waals surface area contributed by atoms with Crippen molar-refractivity contribution in [1.82, 2.24) is 9.72 Å². The Balaban J connectivity index is 2.28. The number of hydrogen-bond acceptors (Lipinski definition) is 2. The molecule has 3 rings (SSSR count). The minimum atomic E-state index is 0.500. The number of aromatic nitrogens is 1. The van der Waals surface area contributed by atoms with Gasteiger partial charge in [-0.15, -0.1) is 0 Å². The molecule has 0 aliphatic heterocycles. The van der Waals surface area contributed by atoms with E-state index < -0.39 is 0 Å². The first-order valence-electron chi connectivity index (χ1n) is 6.61. The third-order valence-electron chi connectivity index (χ3n) is 4.15. The fourth-order valence-electron chi connectivity index (χ4n) is 3.24. The summed E-state index contributed by atoms with van der Waals surface area (Å²) in [6.07, 6.45) is 5.76. The van der Waals surface area contributed by atoms with Gasteiger partial charge in [-0.2, -0.15) is 0 Å². The molecule has 0 saturated heterocycles. The summed E-state index contributed by atoms with van der Waals surface area (Å²) in [7, 11) is 3.78. The van der Waals surface area contributed by atoms with Crippen molar-refractivity contribution in [3.05, 3.63) is 35.2 Å². The molecule has 0 spiro atoms. The van der Waals surface area contributed by atoms with Crippen LogP contribution in [0.3, 0.4) is 0 Å². The first-order chi connectivity index (χ1) is 8.76.